The first-order chi connectivity index (χ1) is 12.8. The summed E-state index contributed by atoms with van der Waals surface area (Å²) in [5.41, 5.74) is 0.349. The molecular weight excluding hydrogens is 394 g/mol. The maximum absolute atomic E-state index is 13.1. The SMILES string of the molecule is C[C@H]1Oc2cc(S(=O)(=O)N3CCN(C(=O)C4CC4)CC3)c(Cl)cc2NC1=O. The Morgan fingerprint density at radius 1 is 1.22 bits per heavy atom. The molecule has 4 rings (SSSR count). The van der Waals surface area contributed by atoms with Crippen LogP contribution in [0.25, 0.3) is 0 Å². The van der Waals surface area contributed by atoms with Crippen molar-refractivity contribution in [2.75, 3.05) is 31.5 Å². The van der Waals surface area contributed by atoms with Crippen molar-refractivity contribution in [3.63, 3.8) is 0 Å². The van der Waals surface area contributed by atoms with Crippen molar-refractivity contribution in [1.82, 2.24) is 9.21 Å². The fourth-order valence-corrected chi connectivity index (χ4v) is 5.22. The zero-order valence-electron chi connectivity index (χ0n) is 14.8. The van der Waals surface area contributed by atoms with Crippen molar-refractivity contribution < 1.29 is 22.7 Å². The lowest BCUT2D eigenvalue weighted by Gasteiger charge is -2.34. The van der Waals surface area contributed by atoms with Gasteiger partial charge in [-0.2, -0.15) is 4.31 Å². The van der Waals surface area contributed by atoms with E-state index < -0.39 is 16.1 Å². The molecule has 10 heteroatoms. The normalized spacial score (nSPS) is 23.4. The number of halogens is 1. The van der Waals surface area contributed by atoms with Gasteiger partial charge in [0, 0.05) is 38.2 Å². The van der Waals surface area contributed by atoms with Gasteiger partial charge in [-0.3, -0.25) is 9.59 Å². The standard InChI is InChI=1S/C17H20ClN3O5S/c1-10-16(22)19-13-8-12(18)15(9-14(13)26-10)27(24,25)21-6-4-20(5-7-21)17(23)11-2-3-11/h8-11H,2-7H2,1H3,(H,19,22)/t10-/m1/s1. The molecule has 0 bridgehead atoms. The summed E-state index contributed by atoms with van der Waals surface area (Å²) in [6.45, 7) is 2.78. The van der Waals surface area contributed by atoms with Crippen LogP contribution in [0.1, 0.15) is 19.8 Å². The number of nitrogens with one attached hydrogen (secondary N) is 1. The van der Waals surface area contributed by atoms with Crippen LogP contribution in [0, 0.1) is 5.92 Å². The van der Waals surface area contributed by atoms with E-state index in [0.29, 0.717) is 18.8 Å². The lowest BCUT2D eigenvalue weighted by atomic mass is 10.2. The second-order valence-corrected chi connectivity index (χ2v) is 9.35. The van der Waals surface area contributed by atoms with E-state index in [2.05, 4.69) is 5.32 Å². The Labute approximate surface area is 162 Å². The minimum Gasteiger partial charge on any atom is -0.479 e. The Hall–Kier alpha value is -1.84. The molecule has 1 aromatic rings. The Balaban J connectivity index is 1.55. The van der Waals surface area contributed by atoms with Gasteiger partial charge in [-0.25, -0.2) is 8.42 Å². The van der Waals surface area contributed by atoms with Crippen molar-refractivity contribution in [3.05, 3.63) is 17.2 Å². The van der Waals surface area contributed by atoms with Crippen LogP contribution in [-0.2, 0) is 19.6 Å². The van der Waals surface area contributed by atoms with E-state index in [-0.39, 0.29) is 46.5 Å². The average molecular weight is 414 g/mol. The van der Waals surface area contributed by atoms with Crippen LogP contribution in [0.5, 0.6) is 5.75 Å². The van der Waals surface area contributed by atoms with Crippen LogP contribution in [-0.4, -0.2) is 61.7 Å². The van der Waals surface area contributed by atoms with E-state index in [1.54, 1.807) is 11.8 Å². The predicted octanol–water partition coefficient (Wildman–Crippen LogP) is 1.30. The van der Waals surface area contributed by atoms with Crippen LogP contribution < -0.4 is 10.1 Å². The molecule has 27 heavy (non-hydrogen) atoms. The number of anilines is 1. The number of ether oxygens (including phenoxy) is 1. The number of rotatable bonds is 3. The summed E-state index contributed by atoms with van der Waals surface area (Å²) in [6, 6.07) is 2.74. The summed E-state index contributed by atoms with van der Waals surface area (Å²) in [4.78, 5) is 25.5. The van der Waals surface area contributed by atoms with Gasteiger partial charge < -0.3 is 15.0 Å². The lowest BCUT2D eigenvalue weighted by molar-refractivity contribution is -0.133. The van der Waals surface area contributed by atoms with Crippen LogP contribution >= 0.6 is 11.6 Å². The Bertz CT molecular complexity index is 907. The first kappa shape index (κ1) is 18.5. The molecule has 2 aliphatic heterocycles. The molecule has 3 aliphatic rings. The number of amides is 2. The molecule has 0 aromatic heterocycles. The molecule has 146 valence electrons. The molecule has 1 N–H and O–H groups in total. The number of fused-ring (bicyclic) bond motifs is 1. The lowest BCUT2D eigenvalue weighted by Crippen LogP contribution is -2.51. The number of nitrogens with zero attached hydrogens (tertiary/aromatic N) is 2. The zero-order chi connectivity index (χ0) is 19.3. The fourth-order valence-electron chi connectivity index (χ4n) is 3.28. The molecule has 8 nitrogen and oxygen atoms in total. The van der Waals surface area contributed by atoms with Gasteiger partial charge in [-0.1, -0.05) is 11.6 Å². The molecule has 2 fully saturated rings. The number of sulfonamides is 1. The highest BCUT2D eigenvalue weighted by Gasteiger charge is 2.37. The molecule has 0 unspecified atom stereocenters. The second-order valence-electron chi connectivity index (χ2n) is 7.03. The van der Waals surface area contributed by atoms with E-state index in [1.807, 2.05) is 0 Å². The maximum Gasteiger partial charge on any atom is 0.265 e. The van der Waals surface area contributed by atoms with Gasteiger partial charge in [-0.15, -0.1) is 0 Å². The topological polar surface area (TPSA) is 96.0 Å². The van der Waals surface area contributed by atoms with Crippen molar-refractivity contribution in [2.24, 2.45) is 5.92 Å². The molecule has 0 radical (unpaired) electrons. The summed E-state index contributed by atoms with van der Waals surface area (Å²) in [6.07, 6.45) is 1.14. The van der Waals surface area contributed by atoms with Gasteiger partial charge in [0.2, 0.25) is 15.9 Å². The molecule has 1 atom stereocenters. The summed E-state index contributed by atoms with van der Waals surface area (Å²) in [7, 11) is -3.84. The molecule has 2 amide bonds. The third kappa shape index (κ3) is 3.39. The summed E-state index contributed by atoms with van der Waals surface area (Å²) in [5, 5.41) is 2.66. The molecule has 2 heterocycles. The molecule has 1 aliphatic carbocycles. The van der Waals surface area contributed by atoms with Gasteiger partial charge in [0.15, 0.2) is 6.10 Å². The van der Waals surface area contributed by atoms with Crippen LogP contribution in [0.2, 0.25) is 5.02 Å². The van der Waals surface area contributed by atoms with E-state index in [4.69, 9.17) is 16.3 Å². The molecule has 0 spiro atoms. The van der Waals surface area contributed by atoms with Gasteiger partial charge in [0.05, 0.1) is 10.7 Å². The third-order valence-electron chi connectivity index (χ3n) is 5.06. The minimum atomic E-state index is -3.84. The van der Waals surface area contributed by atoms with Crippen molar-refractivity contribution in [3.8, 4) is 5.75 Å². The molecule has 1 saturated heterocycles. The summed E-state index contributed by atoms with van der Waals surface area (Å²) < 4.78 is 32.9. The third-order valence-corrected chi connectivity index (χ3v) is 7.42. The highest BCUT2D eigenvalue weighted by molar-refractivity contribution is 7.89. The molecule has 1 aromatic carbocycles. The average Bonchev–Trinajstić information content (AvgIpc) is 3.47. The van der Waals surface area contributed by atoms with Crippen molar-refractivity contribution in [1.29, 1.82) is 0 Å². The van der Waals surface area contributed by atoms with Gasteiger partial charge in [-0.05, 0) is 25.8 Å². The minimum absolute atomic E-state index is 0.0173. The van der Waals surface area contributed by atoms with Crippen molar-refractivity contribution >= 4 is 39.1 Å². The van der Waals surface area contributed by atoms with E-state index in [0.717, 1.165) is 12.8 Å². The largest absolute Gasteiger partial charge is 0.479 e. The number of carbonyl (C=O) groups is 2. The highest BCUT2D eigenvalue weighted by atomic mass is 35.5. The van der Waals surface area contributed by atoms with E-state index in [1.165, 1.54) is 16.4 Å². The smallest absolute Gasteiger partial charge is 0.265 e. The van der Waals surface area contributed by atoms with Gasteiger partial charge in [0.1, 0.15) is 10.6 Å². The first-order valence-electron chi connectivity index (χ1n) is 8.87. The molecule has 1 saturated carbocycles. The monoisotopic (exact) mass is 413 g/mol. The summed E-state index contributed by atoms with van der Waals surface area (Å²) >= 11 is 6.20. The number of hydrogen-bond donors (Lipinski definition) is 1. The molecular formula is C17H20ClN3O5S. The Morgan fingerprint density at radius 2 is 1.89 bits per heavy atom. The van der Waals surface area contributed by atoms with E-state index >= 15 is 0 Å². The van der Waals surface area contributed by atoms with Gasteiger partial charge >= 0.3 is 0 Å². The van der Waals surface area contributed by atoms with Gasteiger partial charge in [0.25, 0.3) is 5.91 Å². The number of hydrogen-bond acceptors (Lipinski definition) is 5. The number of carbonyl (C=O) groups excluding carboxylic acids is 2. The second kappa shape index (κ2) is 6.65. The van der Waals surface area contributed by atoms with Crippen LogP contribution in [0.3, 0.4) is 0 Å². The quantitative estimate of drug-likeness (QED) is 0.805. The van der Waals surface area contributed by atoms with Crippen LogP contribution in [0.15, 0.2) is 17.0 Å². The maximum atomic E-state index is 13.1. The Morgan fingerprint density at radius 3 is 2.52 bits per heavy atom. The zero-order valence-corrected chi connectivity index (χ0v) is 16.3. The summed E-state index contributed by atoms with van der Waals surface area (Å²) in [5.74, 6) is 0.202. The van der Waals surface area contributed by atoms with Crippen LogP contribution in [0.4, 0.5) is 5.69 Å². The number of benzene rings is 1. The fraction of sp³-hybridized carbons (Fsp3) is 0.529. The Kier molecular flexibility index (Phi) is 4.56. The van der Waals surface area contributed by atoms with E-state index in [9.17, 15) is 18.0 Å². The number of piperazine rings is 1. The predicted molar refractivity (Wildman–Crippen MR) is 98.2 cm³/mol. The van der Waals surface area contributed by atoms with Crippen molar-refractivity contribution in [2.45, 2.75) is 30.8 Å². The highest BCUT2D eigenvalue weighted by Crippen LogP contribution is 2.38. The first-order valence-corrected chi connectivity index (χ1v) is 10.7.